The Labute approximate surface area is 121 Å². The molecule has 1 nitrogen and oxygen atoms in total. The number of rotatable bonds is 11. The molecular weight excluding hydrogens is 230 g/mol. The van der Waals surface area contributed by atoms with Crippen molar-refractivity contribution in [1.82, 2.24) is 0 Å². The van der Waals surface area contributed by atoms with Gasteiger partial charge in [0.25, 0.3) is 0 Å². The van der Waals surface area contributed by atoms with Gasteiger partial charge in [-0.1, -0.05) is 71.1 Å². The van der Waals surface area contributed by atoms with E-state index < -0.39 is 0 Å². The monoisotopic (exact) mass is 267 g/mol. The maximum Gasteiger partial charge on any atom is -0.00773 e. The summed E-state index contributed by atoms with van der Waals surface area (Å²) >= 11 is 0. The Morgan fingerprint density at radius 2 is 1.32 bits per heavy atom. The molecular formula is C18H37N. The molecule has 0 aromatic rings. The summed E-state index contributed by atoms with van der Waals surface area (Å²) in [5, 5.41) is 0. The highest BCUT2D eigenvalue weighted by Gasteiger charge is 2.30. The predicted octanol–water partition coefficient (Wildman–Crippen LogP) is 5.82. The summed E-state index contributed by atoms with van der Waals surface area (Å²) in [6.07, 6.45) is 21.7. The predicted molar refractivity (Wildman–Crippen MR) is 86.4 cm³/mol. The summed E-state index contributed by atoms with van der Waals surface area (Å²) in [4.78, 5) is 0. The van der Waals surface area contributed by atoms with Gasteiger partial charge in [-0.25, -0.2) is 0 Å². The summed E-state index contributed by atoms with van der Waals surface area (Å²) in [5.41, 5.74) is 6.34. The van der Waals surface area contributed by atoms with Crippen molar-refractivity contribution in [2.24, 2.45) is 11.1 Å². The van der Waals surface area contributed by atoms with Gasteiger partial charge < -0.3 is 5.73 Å². The van der Waals surface area contributed by atoms with E-state index in [4.69, 9.17) is 5.73 Å². The molecule has 0 atom stereocenters. The van der Waals surface area contributed by atoms with E-state index in [1.165, 1.54) is 96.3 Å². The Bertz CT molecular complexity index is 194. The van der Waals surface area contributed by atoms with Crippen LogP contribution in [0.25, 0.3) is 0 Å². The molecule has 0 heterocycles. The second-order valence-electron chi connectivity index (χ2n) is 6.82. The molecule has 2 N–H and O–H groups in total. The van der Waals surface area contributed by atoms with Crippen LogP contribution >= 0.6 is 0 Å². The molecule has 0 unspecified atom stereocenters. The molecule has 0 bridgehead atoms. The van der Waals surface area contributed by atoms with Crippen molar-refractivity contribution in [2.75, 3.05) is 6.54 Å². The molecule has 0 aromatic heterocycles. The van der Waals surface area contributed by atoms with Crippen LogP contribution in [-0.4, -0.2) is 6.54 Å². The van der Waals surface area contributed by atoms with Crippen LogP contribution in [0.2, 0.25) is 0 Å². The normalized spacial score (nSPS) is 18.6. The lowest BCUT2D eigenvalue weighted by Crippen LogP contribution is -2.24. The molecule has 0 saturated heterocycles. The second kappa shape index (κ2) is 10.7. The molecule has 1 fully saturated rings. The molecule has 0 spiro atoms. The molecule has 1 saturated carbocycles. The molecule has 0 radical (unpaired) electrons. The third-order valence-corrected chi connectivity index (χ3v) is 5.14. The number of nitrogens with two attached hydrogens (primary N) is 1. The zero-order valence-electron chi connectivity index (χ0n) is 13.4. The van der Waals surface area contributed by atoms with Gasteiger partial charge in [-0.05, 0) is 44.1 Å². The summed E-state index contributed by atoms with van der Waals surface area (Å²) in [7, 11) is 0. The van der Waals surface area contributed by atoms with Gasteiger partial charge in [0.1, 0.15) is 0 Å². The quantitative estimate of drug-likeness (QED) is 0.469. The maximum absolute atomic E-state index is 5.61. The Morgan fingerprint density at radius 3 is 1.89 bits per heavy atom. The van der Waals surface area contributed by atoms with Gasteiger partial charge in [0.2, 0.25) is 0 Å². The van der Waals surface area contributed by atoms with Crippen molar-refractivity contribution in [1.29, 1.82) is 0 Å². The van der Waals surface area contributed by atoms with E-state index in [9.17, 15) is 0 Å². The van der Waals surface area contributed by atoms with Gasteiger partial charge in [-0.3, -0.25) is 0 Å². The third kappa shape index (κ3) is 7.34. The lowest BCUT2D eigenvalue weighted by atomic mass is 9.68. The van der Waals surface area contributed by atoms with Crippen molar-refractivity contribution in [3.63, 3.8) is 0 Å². The zero-order chi connectivity index (χ0) is 13.8. The van der Waals surface area contributed by atoms with Crippen LogP contribution in [-0.2, 0) is 0 Å². The van der Waals surface area contributed by atoms with Gasteiger partial charge >= 0.3 is 0 Å². The molecule has 1 aliphatic carbocycles. The van der Waals surface area contributed by atoms with E-state index in [1.807, 2.05) is 0 Å². The Balaban J connectivity index is 2.24. The zero-order valence-corrected chi connectivity index (χ0v) is 13.4. The van der Waals surface area contributed by atoms with E-state index in [2.05, 4.69) is 6.92 Å². The summed E-state index contributed by atoms with van der Waals surface area (Å²) in [6, 6.07) is 0. The van der Waals surface area contributed by atoms with E-state index in [-0.39, 0.29) is 0 Å². The molecule has 1 rings (SSSR count). The van der Waals surface area contributed by atoms with Crippen LogP contribution in [0.3, 0.4) is 0 Å². The fraction of sp³-hybridized carbons (Fsp3) is 1.00. The van der Waals surface area contributed by atoms with E-state index in [0.717, 1.165) is 12.0 Å². The molecule has 0 aliphatic heterocycles. The van der Waals surface area contributed by atoms with Crippen LogP contribution in [0.5, 0.6) is 0 Å². The van der Waals surface area contributed by atoms with Crippen molar-refractivity contribution in [3.05, 3.63) is 0 Å². The smallest absolute Gasteiger partial charge is 0.00773 e. The van der Waals surface area contributed by atoms with E-state index in [0.29, 0.717) is 0 Å². The highest BCUT2D eigenvalue weighted by atomic mass is 14.5. The van der Waals surface area contributed by atoms with Crippen molar-refractivity contribution >= 4 is 0 Å². The fourth-order valence-corrected chi connectivity index (χ4v) is 3.85. The molecule has 0 amide bonds. The summed E-state index contributed by atoms with van der Waals surface area (Å²) in [5.74, 6) is 0. The van der Waals surface area contributed by atoms with Crippen LogP contribution in [0.1, 0.15) is 103 Å². The SMILES string of the molecule is CCCCCCCC1(CCCCCN)CCCCC1. The van der Waals surface area contributed by atoms with E-state index in [1.54, 1.807) is 0 Å². The van der Waals surface area contributed by atoms with Crippen LogP contribution in [0.15, 0.2) is 0 Å². The minimum Gasteiger partial charge on any atom is -0.330 e. The lowest BCUT2D eigenvalue weighted by molar-refractivity contribution is 0.147. The second-order valence-corrected chi connectivity index (χ2v) is 6.82. The number of unbranched alkanes of at least 4 members (excludes halogenated alkanes) is 6. The highest BCUT2D eigenvalue weighted by molar-refractivity contribution is 4.82. The Morgan fingerprint density at radius 1 is 0.737 bits per heavy atom. The van der Waals surface area contributed by atoms with Crippen molar-refractivity contribution < 1.29 is 0 Å². The Kier molecular flexibility index (Phi) is 9.59. The first-order valence-corrected chi connectivity index (χ1v) is 9.03. The maximum atomic E-state index is 5.61. The van der Waals surface area contributed by atoms with Gasteiger partial charge in [-0.2, -0.15) is 0 Å². The number of hydrogen-bond donors (Lipinski definition) is 1. The molecule has 0 aromatic carbocycles. The largest absolute Gasteiger partial charge is 0.330 e. The van der Waals surface area contributed by atoms with Gasteiger partial charge in [0.15, 0.2) is 0 Å². The van der Waals surface area contributed by atoms with Gasteiger partial charge in [-0.15, -0.1) is 0 Å². The minimum atomic E-state index is 0.735. The first kappa shape index (κ1) is 17.0. The van der Waals surface area contributed by atoms with Crippen LogP contribution in [0, 0.1) is 5.41 Å². The topological polar surface area (TPSA) is 26.0 Å². The molecule has 1 heteroatoms. The average molecular weight is 268 g/mol. The first-order valence-electron chi connectivity index (χ1n) is 9.03. The summed E-state index contributed by atoms with van der Waals surface area (Å²) < 4.78 is 0. The first-order chi connectivity index (χ1) is 9.33. The minimum absolute atomic E-state index is 0.735. The fourth-order valence-electron chi connectivity index (χ4n) is 3.85. The standard InChI is InChI=1S/C18H37N/c1-2-3-4-5-8-13-18(14-9-6-10-15-18)16-11-7-12-17-19/h2-17,19H2,1H3. The third-order valence-electron chi connectivity index (χ3n) is 5.14. The lowest BCUT2D eigenvalue weighted by Gasteiger charge is -2.38. The molecule has 114 valence electrons. The summed E-state index contributed by atoms with van der Waals surface area (Å²) in [6.45, 7) is 3.18. The molecule has 19 heavy (non-hydrogen) atoms. The van der Waals surface area contributed by atoms with Crippen LogP contribution in [0.4, 0.5) is 0 Å². The van der Waals surface area contributed by atoms with Crippen LogP contribution < -0.4 is 5.73 Å². The average Bonchev–Trinajstić information content (AvgIpc) is 2.45. The molecule has 1 aliphatic rings. The van der Waals surface area contributed by atoms with Crippen molar-refractivity contribution in [2.45, 2.75) is 103 Å². The van der Waals surface area contributed by atoms with Crippen molar-refractivity contribution in [3.8, 4) is 0 Å². The van der Waals surface area contributed by atoms with Gasteiger partial charge in [0, 0.05) is 0 Å². The number of hydrogen-bond acceptors (Lipinski definition) is 1. The van der Waals surface area contributed by atoms with E-state index >= 15 is 0 Å². The highest BCUT2D eigenvalue weighted by Crippen LogP contribution is 2.44. The van der Waals surface area contributed by atoms with Gasteiger partial charge in [0.05, 0.1) is 0 Å². The Hall–Kier alpha value is -0.0400.